The quantitative estimate of drug-likeness (QED) is 0.152. The Hall–Kier alpha value is -3.91. The van der Waals surface area contributed by atoms with Gasteiger partial charge in [-0.1, -0.05) is 55.2 Å². The lowest BCUT2D eigenvalue weighted by Gasteiger charge is -2.11. The van der Waals surface area contributed by atoms with Gasteiger partial charge in [0.25, 0.3) is 0 Å². The second-order valence-electron chi connectivity index (χ2n) is 9.51. The van der Waals surface area contributed by atoms with Gasteiger partial charge in [0.05, 0.1) is 10.0 Å². The number of thiocarbonyl (C=S) groups is 1. The predicted molar refractivity (Wildman–Crippen MR) is 166 cm³/mol. The van der Waals surface area contributed by atoms with Crippen molar-refractivity contribution in [2.75, 3.05) is 5.32 Å². The molecule has 5 aromatic rings. The molecule has 2 heterocycles. The molecule has 0 aliphatic heterocycles. The van der Waals surface area contributed by atoms with Crippen LogP contribution in [0, 0.1) is 6.92 Å². The number of aryl methyl sites for hydroxylation is 1. The van der Waals surface area contributed by atoms with E-state index in [9.17, 15) is 4.79 Å². The molecule has 0 spiro atoms. The van der Waals surface area contributed by atoms with E-state index in [0.29, 0.717) is 38.9 Å². The van der Waals surface area contributed by atoms with Gasteiger partial charge < -0.3 is 14.2 Å². The van der Waals surface area contributed by atoms with Crippen LogP contribution in [0.25, 0.3) is 40.0 Å². The zero-order valence-corrected chi connectivity index (χ0v) is 24.2. The van der Waals surface area contributed by atoms with Crippen molar-refractivity contribution >= 4 is 69.3 Å². The molecule has 202 valence electrons. The van der Waals surface area contributed by atoms with Gasteiger partial charge in [0.1, 0.15) is 17.0 Å². The smallest absolute Gasteiger partial charge is 0.250 e. The van der Waals surface area contributed by atoms with Crippen molar-refractivity contribution in [1.82, 2.24) is 10.3 Å². The van der Waals surface area contributed by atoms with Crippen LogP contribution in [0.1, 0.15) is 36.7 Å². The molecule has 2 N–H and O–H groups in total. The summed E-state index contributed by atoms with van der Waals surface area (Å²) in [6.45, 7) is 6.23. The number of amides is 1. The second kappa shape index (κ2) is 11.7. The van der Waals surface area contributed by atoms with Gasteiger partial charge in [-0.15, -0.1) is 0 Å². The van der Waals surface area contributed by atoms with E-state index in [1.54, 1.807) is 36.4 Å². The van der Waals surface area contributed by atoms with Gasteiger partial charge in [0.15, 0.2) is 10.7 Å². The maximum Gasteiger partial charge on any atom is 0.250 e. The summed E-state index contributed by atoms with van der Waals surface area (Å²) < 4.78 is 11.8. The first-order chi connectivity index (χ1) is 19.2. The Labute approximate surface area is 247 Å². The Morgan fingerprint density at radius 2 is 1.85 bits per heavy atom. The summed E-state index contributed by atoms with van der Waals surface area (Å²) in [6.07, 6.45) is 2.88. The minimum absolute atomic E-state index is 0.153. The summed E-state index contributed by atoms with van der Waals surface area (Å²) in [5, 5.41) is 6.73. The average molecular weight is 591 g/mol. The van der Waals surface area contributed by atoms with E-state index in [0.717, 1.165) is 27.9 Å². The minimum Gasteiger partial charge on any atom is -0.457 e. The Bertz CT molecular complexity index is 1770. The average Bonchev–Trinajstić information content (AvgIpc) is 3.57. The monoisotopic (exact) mass is 589 g/mol. The van der Waals surface area contributed by atoms with E-state index in [1.165, 1.54) is 11.6 Å². The van der Waals surface area contributed by atoms with Crippen LogP contribution >= 0.6 is 35.4 Å². The molecule has 0 aliphatic rings. The molecule has 40 heavy (non-hydrogen) atoms. The van der Waals surface area contributed by atoms with Crippen molar-refractivity contribution in [3.63, 3.8) is 0 Å². The van der Waals surface area contributed by atoms with Crippen molar-refractivity contribution in [3.05, 3.63) is 99.7 Å². The predicted octanol–water partition coefficient (Wildman–Crippen LogP) is 9.02. The van der Waals surface area contributed by atoms with Gasteiger partial charge in [-0.05, 0) is 90.8 Å². The Morgan fingerprint density at radius 3 is 2.65 bits per heavy atom. The lowest BCUT2D eigenvalue weighted by Crippen LogP contribution is -2.33. The SMILES string of the molecule is Cc1ccc(-c2nc3cc(C(C)C)ccc3o2)cc1NC(=S)NC(=O)C=Cc1ccc(-c2cccc(Cl)c2Cl)o1. The molecule has 5 rings (SSSR count). The number of hydrogen-bond acceptors (Lipinski definition) is 5. The normalized spacial score (nSPS) is 11.4. The van der Waals surface area contributed by atoms with Gasteiger partial charge in [0.2, 0.25) is 11.8 Å². The Morgan fingerprint density at radius 1 is 1.02 bits per heavy atom. The highest BCUT2D eigenvalue weighted by atomic mass is 35.5. The van der Waals surface area contributed by atoms with Crippen LogP contribution in [0.5, 0.6) is 0 Å². The maximum atomic E-state index is 12.5. The number of benzene rings is 3. The molecular weight excluding hydrogens is 565 g/mol. The van der Waals surface area contributed by atoms with Crippen LogP contribution in [0.2, 0.25) is 10.0 Å². The van der Waals surface area contributed by atoms with Crippen LogP contribution in [-0.4, -0.2) is 16.0 Å². The number of carbonyl (C=O) groups is 1. The first-order valence-electron chi connectivity index (χ1n) is 12.5. The number of oxazole rings is 1. The minimum atomic E-state index is -0.412. The molecule has 0 aliphatic carbocycles. The van der Waals surface area contributed by atoms with Gasteiger partial charge in [0, 0.05) is 22.9 Å². The molecule has 0 bridgehead atoms. The van der Waals surface area contributed by atoms with E-state index < -0.39 is 5.91 Å². The first kappa shape index (κ1) is 27.6. The van der Waals surface area contributed by atoms with E-state index >= 15 is 0 Å². The van der Waals surface area contributed by atoms with E-state index in [2.05, 4.69) is 41.6 Å². The number of hydrogen-bond donors (Lipinski definition) is 2. The zero-order chi connectivity index (χ0) is 28.4. The molecule has 0 unspecified atom stereocenters. The fraction of sp³-hybridized carbons (Fsp3) is 0.129. The third kappa shape index (κ3) is 6.12. The molecule has 0 saturated carbocycles. The third-order valence-corrected chi connectivity index (χ3v) is 7.31. The molecule has 2 aromatic heterocycles. The van der Waals surface area contributed by atoms with Gasteiger partial charge >= 0.3 is 0 Å². The number of nitrogens with zero attached hydrogens (tertiary/aromatic N) is 1. The summed E-state index contributed by atoms with van der Waals surface area (Å²) in [7, 11) is 0. The van der Waals surface area contributed by atoms with Crippen LogP contribution in [0.3, 0.4) is 0 Å². The number of rotatable bonds is 6. The Balaban J connectivity index is 1.24. The van der Waals surface area contributed by atoms with Crippen molar-refractivity contribution in [2.45, 2.75) is 26.7 Å². The number of fused-ring (bicyclic) bond motifs is 1. The number of carbonyl (C=O) groups excluding carboxylic acids is 1. The van der Waals surface area contributed by atoms with Crippen LogP contribution in [0.15, 0.2) is 81.6 Å². The number of halogens is 2. The molecule has 3 aromatic carbocycles. The topological polar surface area (TPSA) is 80.3 Å². The molecule has 1 amide bonds. The second-order valence-corrected chi connectivity index (χ2v) is 10.7. The Kier molecular flexibility index (Phi) is 8.07. The largest absolute Gasteiger partial charge is 0.457 e. The van der Waals surface area contributed by atoms with Crippen molar-refractivity contribution in [1.29, 1.82) is 0 Å². The lowest BCUT2D eigenvalue weighted by atomic mass is 10.0. The van der Waals surface area contributed by atoms with Crippen molar-refractivity contribution < 1.29 is 13.6 Å². The lowest BCUT2D eigenvalue weighted by molar-refractivity contribution is -0.115. The highest BCUT2D eigenvalue weighted by Gasteiger charge is 2.13. The summed E-state index contributed by atoms with van der Waals surface area (Å²) in [6, 6.07) is 20.6. The van der Waals surface area contributed by atoms with Crippen molar-refractivity contribution in [2.24, 2.45) is 0 Å². The number of nitrogens with one attached hydrogen (secondary N) is 2. The van der Waals surface area contributed by atoms with E-state index in [1.807, 2.05) is 31.2 Å². The fourth-order valence-electron chi connectivity index (χ4n) is 4.06. The number of aromatic nitrogens is 1. The van der Waals surface area contributed by atoms with Crippen LogP contribution in [0.4, 0.5) is 5.69 Å². The first-order valence-corrected chi connectivity index (χ1v) is 13.7. The summed E-state index contributed by atoms with van der Waals surface area (Å²) in [4.78, 5) is 17.2. The highest BCUT2D eigenvalue weighted by Crippen LogP contribution is 2.34. The van der Waals surface area contributed by atoms with Gasteiger partial charge in [-0.2, -0.15) is 0 Å². The summed E-state index contributed by atoms with van der Waals surface area (Å²) in [5.74, 6) is 1.51. The molecular formula is C31H25Cl2N3O3S. The van der Waals surface area contributed by atoms with Crippen LogP contribution < -0.4 is 10.6 Å². The fourth-order valence-corrected chi connectivity index (χ4v) is 4.67. The maximum absolute atomic E-state index is 12.5. The molecule has 0 radical (unpaired) electrons. The summed E-state index contributed by atoms with van der Waals surface area (Å²) >= 11 is 17.8. The highest BCUT2D eigenvalue weighted by molar-refractivity contribution is 7.80. The van der Waals surface area contributed by atoms with Gasteiger partial charge in [-0.3, -0.25) is 10.1 Å². The molecule has 6 nitrogen and oxygen atoms in total. The number of anilines is 1. The standard InChI is InChI=1S/C31H25Cl2N3O3S/c1-17(2)19-9-12-27-25(15-19)34-30(39-27)20-8-7-18(3)24(16-20)35-31(40)36-28(37)14-11-21-10-13-26(38-21)22-5-4-6-23(32)29(22)33/h4-17H,1-3H3,(H2,35,36,37,40). The molecule has 9 heteroatoms. The van der Waals surface area contributed by atoms with E-state index in [4.69, 9.17) is 44.3 Å². The van der Waals surface area contributed by atoms with Crippen molar-refractivity contribution in [3.8, 4) is 22.8 Å². The zero-order valence-electron chi connectivity index (χ0n) is 21.9. The third-order valence-electron chi connectivity index (χ3n) is 6.29. The van der Waals surface area contributed by atoms with Gasteiger partial charge in [-0.25, -0.2) is 4.98 Å². The van der Waals surface area contributed by atoms with E-state index in [-0.39, 0.29) is 5.11 Å². The number of furan rings is 1. The molecule has 0 saturated heterocycles. The molecule has 0 fully saturated rings. The molecule has 0 atom stereocenters. The van der Waals surface area contributed by atoms with Crippen LogP contribution in [-0.2, 0) is 4.79 Å². The summed E-state index contributed by atoms with van der Waals surface area (Å²) in [5.41, 5.74) is 5.86.